The van der Waals surface area contributed by atoms with Crippen LogP contribution in [-0.2, 0) is 0 Å². The molecule has 7 heteroatoms. The third kappa shape index (κ3) is 3.60. The lowest BCUT2D eigenvalue weighted by Crippen LogP contribution is -2.05. The van der Waals surface area contributed by atoms with Gasteiger partial charge in [0, 0.05) is 24.6 Å². The molecule has 20 heavy (non-hydrogen) atoms. The first-order valence-corrected chi connectivity index (χ1v) is 7.07. The highest BCUT2D eigenvalue weighted by molar-refractivity contribution is 6.18. The van der Waals surface area contributed by atoms with Gasteiger partial charge < -0.3 is 10.3 Å². The minimum atomic E-state index is -0.416. The number of nitrogens with zero attached hydrogens (tertiary/aromatic N) is 2. The minimum Gasteiger partial charge on any atom is -0.356 e. The molecule has 0 fully saturated rings. The SMILES string of the molecule is CC(CCl)CCCNc1nc2ccc([N+](=O)[O-])cc2[nH]1. The smallest absolute Gasteiger partial charge is 0.271 e. The molecule has 2 aromatic rings. The summed E-state index contributed by atoms with van der Waals surface area (Å²) >= 11 is 5.75. The number of nitro groups is 1. The highest BCUT2D eigenvalue weighted by atomic mass is 35.5. The lowest BCUT2D eigenvalue weighted by atomic mass is 10.1. The maximum absolute atomic E-state index is 10.7. The van der Waals surface area contributed by atoms with Crippen molar-refractivity contribution in [3.05, 3.63) is 28.3 Å². The van der Waals surface area contributed by atoms with E-state index in [2.05, 4.69) is 22.2 Å². The van der Waals surface area contributed by atoms with Crippen molar-refractivity contribution in [2.45, 2.75) is 19.8 Å². The molecule has 0 aliphatic heterocycles. The zero-order valence-electron chi connectivity index (χ0n) is 11.2. The Bertz CT molecular complexity index is 599. The number of imidazole rings is 1. The second-order valence-electron chi connectivity index (χ2n) is 4.87. The van der Waals surface area contributed by atoms with Gasteiger partial charge in [-0.3, -0.25) is 10.1 Å². The number of aromatic nitrogens is 2. The molecule has 1 atom stereocenters. The number of H-pyrrole nitrogens is 1. The predicted molar refractivity (Wildman–Crippen MR) is 80.4 cm³/mol. The maximum Gasteiger partial charge on any atom is 0.271 e. The van der Waals surface area contributed by atoms with Crippen LogP contribution in [0.3, 0.4) is 0 Å². The van der Waals surface area contributed by atoms with Crippen LogP contribution in [-0.4, -0.2) is 27.3 Å². The highest BCUT2D eigenvalue weighted by Crippen LogP contribution is 2.20. The summed E-state index contributed by atoms with van der Waals surface area (Å²) in [5, 5.41) is 13.9. The Kier molecular flexibility index (Phi) is 4.79. The number of non-ortho nitro benzene ring substituents is 1. The van der Waals surface area contributed by atoms with E-state index in [0.29, 0.717) is 28.8 Å². The fourth-order valence-electron chi connectivity index (χ4n) is 1.93. The number of nitrogens with one attached hydrogen (secondary N) is 2. The lowest BCUT2D eigenvalue weighted by Gasteiger charge is -2.06. The van der Waals surface area contributed by atoms with Crippen LogP contribution in [0.25, 0.3) is 11.0 Å². The zero-order chi connectivity index (χ0) is 14.5. The predicted octanol–water partition coefficient (Wildman–Crippen LogP) is 3.54. The summed E-state index contributed by atoms with van der Waals surface area (Å²) in [6.45, 7) is 2.91. The Hall–Kier alpha value is -1.82. The fourth-order valence-corrected chi connectivity index (χ4v) is 2.08. The third-order valence-corrected chi connectivity index (χ3v) is 3.63. The average molecular weight is 297 g/mol. The standard InChI is InChI=1S/C13H17ClN4O2/c1-9(8-14)3-2-6-15-13-16-11-5-4-10(18(19)20)7-12(11)17-13/h4-5,7,9H,2-3,6,8H2,1H3,(H2,15,16,17). The van der Waals surface area contributed by atoms with E-state index in [4.69, 9.17) is 11.6 Å². The van der Waals surface area contributed by atoms with Crippen molar-refractivity contribution in [3.63, 3.8) is 0 Å². The minimum absolute atomic E-state index is 0.0589. The summed E-state index contributed by atoms with van der Waals surface area (Å²) < 4.78 is 0. The molecule has 0 aliphatic rings. The van der Waals surface area contributed by atoms with Gasteiger partial charge in [0.2, 0.25) is 5.95 Å². The largest absolute Gasteiger partial charge is 0.356 e. The molecule has 0 spiro atoms. The summed E-state index contributed by atoms with van der Waals surface area (Å²) in [6.07, 6.45) is 2.06. The lowest BCUT2D eigenvalue weighted by molar-refractivity contribution is -0.384. The van der Waals surface area contributed by atoms with E-state index in [1.54, 1.807) is 6.07 Å². The molecule has 0 bridgehead atoms. The average Bonchev–Trinajstić information content (AvgIpc) is 2.84. The number of halogens is 1. The van der Waals surface area contributed by atoms with Crippen molar-refractivity contribution in [3.8, 4) is 0 Å². The third-order valence-electron chi connectivity index (χ3n) is 3.11. The molecular weight excluding hydrogens is 280 g/mol. The van der Waals surface area contributed by atoms with Crippen LogP contribution in [0.4, 0.5) is 11.6 Å². The summed E-state index contributed by atoms with van der Waals surface area (Å²) in [5.74, 6) is 1.82. The van der Waals surface area contributed by atoms with Crippen molar-refractivity contribution < 1.29 is 4.92 Å². The zero-order valence-corrected chi connectivity index (χ0v) is 12.0. The number of anilines is 1. The fraction of sp³-hybridized carbons (Fsp3) is 0.462. The van der Waals surface area contributed by atoms with Crippen LogP contribution in [0, 0.1) is 16.0 Å². The van der Waals surface area contributed by atoms with E-state index in [9.17, 15) is 10.1 Å². The van der Waals surface area contributed by atoms with E-state index in [1.165, 1.54) is 12.1 Å². The van der Waals surface area contributed by atoms with Crippen LogP contribution in [0.5, 0.6) is 0 Å². The van der Waals surface area contributed by atoms with Crippen molar-refractivity contribution in [2.24, 2.45) is 5.92 Å². The van der Waals surface area contributed by atoms with Gasteiger partial charge in [-0.1, -0.05) is 6.92 Å². The number of hydrogen-bond acceptors (Lipinski definition) is 4. The Balaban J connectivity index is 1.96. The molecule has 6 nitrogen and oxygen atoms in total. The highest BCUT2D eigenvalue weighted by Gasteiger charge is 2.09. The summed E-state index contributed by atoms with van der Waals surface area (Å²) in [4.78, 5) is 17.7. The van der Waals surface area contributed by atoms with Crippen molar-refractivity contribution in [1.29, 1.82) is 0 Å². The van der Waals surface area contributed by atoms with E-state index in [1.807, 2.05) is 0 Å². The number of aromatic amines is 1. The van der Waals surface area contributed by atoms with Crippen molar-refractivity contribution in [2.75, 3.05) is 17.7 Å². The van der Waals surface area contributed by atoms with Gasteiger partial charge in [-0.2, -0.15) is 0 Å². The van der Waals surface area contributed by atoms with E-state index >= 15 is 0 Å². The molecule has 0 saturated heterocycles. The van der Waals surface area contributed by atoms with Crippen LogP contribution >= 0.6 is 11.6 Å². The molecule has 2 N–H and O–H groups in total. The Morgan fingerprint density at radius 3 is 3.05 bits per heavy atom. The molecule has 0 amide bonds. The first-order chi connectivity index (χ1) is 9.60. The van der Waals surface area contributed by atoms with Gasteiger partial charge in [0.25, 0.3) is 5.69 Å². The molecular formula is C13H17ClN4O2. The van der Waals surface area contributed by atoms with E-state index in [0.717, 1.165) is 19.4 Å². The number of alkyl halides is 1. The van der Waals surface area contributed by atoms with Gasteiger partial charge in [-0.25, -0.2) is 4.98 Å². The monoisotopic (exact) mass is 296 g/mol. The Labute approximate surface area is 121 Å². The second kappa shape index (κ2) is 6.56. The topological polar surface area (TPSA) is 83.8 Å². The van der Waals surface area contributed by atoms with E-state index in [-0.39, 0.29) is 5.69 Å². The maximum atomic E-state index is 10.7. The number of fused-ring (bicyclic) bond motifs is 1. The number of nitro benzene ring substituents is 1. The Morgan fingerprint density at radius 2 is 2.35 bits per heavy atom. The quantitative estimate of drug-likeness (QED) is 0.354. The summed E-state index contributed by atoms with van der Waals surface area (Å²) in [7, 11) is 0. The first kappa shape index (κ1) is 14.6. The molecule has 1 aromatic carbocycles. The molecule has 0 saturated carbocycles. The van der Waals surface area contributed by atoms with E-state index < -0.39 is 4.92 Å². The van der Waals surface area contributed by atoms with Gasteiger partial charge in [0.15, 0.2) is 0 Å². The van der Waals surface area contributed by atoms with Gasteiger partial charge >= 0.3 is 0 Å². The molecule has 1 unspecified atom stereocenters. The normalized spacial score (nSPS) is 12.5. The first-order valence-electron chi connectivity index (χ1n) is 6.54. The Morgan fingerprint density at radius 1 is 1.55 bits per heavy atom. The van der Waals surface area contributed by atoms with Gasteiger partial charge in [-0.05, 0) is 24.8 Å². The molecule has 2 rings (SSSR count). The van der Waals surface area contributed by atoms with Crippen LogP contribution in [0.2, 0.25) is 0 Å². The second-order valence-corrected chi connectivity index (χ2v) is 5.18. The molecule has 0 radical (unpaired) electrons. The molecule has 108 valence electrons. The van der Waals surface area contributed by atoms with Crippen molar-refractivity contribution >= 4 is 34.3 Å². The van der Waals surface area contributed by atoms with Gasteiger partial charge in [-0.15, -0.1) is 11.6 Å². The van der Waals surface area contributed by atoms with Crippen molar-refractivity contribution in [1.82, 2.24) is 9.97 Å². The summed E-state index contributed by atoms with van der Waals surface area (Å²) in [6, 6.07) is 4.59. The molecule has 1 aromatic heterocycles. The number of benzene rings is 1. The van der Waals surface area contributed by atoms with Gasteiger partial charge in [0.1, 0.15) is 0 Å². The van der Waals surface area contributed by atoms with Crippen LogP contribution in [0.1, 0.15) is 19.8 Å². The van der Waals surface area contributed by atoms with Crippen LogP contribution < -0.4 is 5.32 Å². The molecule has 0 aliphatic carbocycles. The van der Waals surface area contributed by atoms with Crippen LogP contribution in [0.15, 0.2) is 18.2 Å². The summed E-state index contributed by atoms with van der Waals surface area (Å²) in [5.41, 5.74) is 1.44. The number of hydrogen-bond donors (Lipinski definition) is 2. The molecule has 1 heterocycles. The van der Waals surface area contributed by atoms with Gasteiger partial charge in [0.05, 0.1) is 16.0 Å². The number of rotatable bonds is 7.